The number of amides is 1. The van der Waals surface area contributed by atoms with Crippen molar-refractivity contribution in [3.05, 3.63) is 29.8 Å². The van der Waals surface area contributed by atoms with Crippen LogP contribution in [0.4, 0.5) is 0 Å². The van der Waals surface area contributed by atoms with Crippen molar-refractivity contribution in [2.45, 2.75) is 31.1 Å². The first-order valence-electron chi connectivity index (χ1n) is 6.84. The first-order valence-corrected chi connectivity index (χ1v) is 8.32. The van der Waals surface area contributed by atoms with Crippen molar-refractivity contribution in [1.29, 1.82) is 0 Å². The molecule has 1 aromatic carbocycles. The zero-order valence-electron chi connectivity index (χ0n) is 11.6. The highest BCUT2D eigenvalue weighted by atomic mass is 32.2. The van der Waals surface area contributed by atoms with Gasteiger partial charge in [-0.05, 0) is 31.4 Å². The maximum absolute atomic E-state index is 12.1. The minimum absolute atomic E-state index is 0.0231. The summed E-state index contributed by atoms with van der Waals surface area (Å²) in [4.78, 5) is 13.9. The average Bonchev–Trinajstić information content (AvgIpc) is 2.92. The Balaban J connectivity index is 1.90. The lowest BCUT2D eigenvalue weighted by Gasteiger charge is -2.15. The molecule has 0 spiro atoms. The van der Waals surface area contributed by atoms with Crippen molar-refractivity contribution in [2.75, 3.05) is 19.6 Å². The van der Waals surface area contributed by atoms with Crippen molar-refractivity contribution in [3.8, 4) is 0 Å². The second-order valence-electron chi connectivity index (χ2n) is 5.00. The summed E-state index contributed by atoms with van der Waals surface area (Å²) in [5, 5.41) is 0. The lowest BCUT2D eigenvalue weighted by molar-refractivity contribution is -0.129. The van der Waals surface area contributed by atoms with Crippen LogP contribution in [0.1, 0.15) is 24.8 Å². The fraction of sp³-hybridized carbons (Fsp3) is 0.500. The predicted octanol–water partition coefficient (Wildman–Crippen LogP) is 1.29. The standard InChI is InChI=1S/C14H20N2O3S/c1-12-6-2-3-7-13(12)20(18,19)15-9-8-14(17)16-10-4-5-11-16/h2-3,6-7,15H,4-5,8-11H2,1H3. The molecule has 0 aliphatic carbocycles. The van der Waals surface area contributed by atoms with E-state index in [1.165, 1.54) is 0 Å². The van der Waals surface area contributed by atoms with Gasteiger partial charge in [0.05, 0.1) is 4.90 Å². The monoisotopic (exact) mass is 296 g/mol. The van der Waals surface area contributed by atoms with E-state index in [9.17, 15) is 13.2 Å². The van der Waals surface area contributed by atoms with Crippen LogP contribution < -0.4 is 4.72 Å². The van der Waals surface area contributed by atoms with E-state index in [1.54, 1.807) is 36.1 Å². The van der Waals surface area contributed by atoms with E-state index in [2.05, 4.69) is 4.72 Å². The molecule has 5 nitrogen and oxygen atoms in total. The van der Waals surface area contributed by atoms with Crippen molar-refractivity contribution in [1.82, 2.24) is 9.62 Å². The Hall–Kier alpha value is -1.40. The molecule has 0 atom stereocenters. The maximum Gasteiger partial charge on any atom is 0.240 e. The summed E-state index contributed by atoms with van der Waals surface area (Å²) in [6, 6.07) is 6.81. The molecule has 1 fully saturated rings. The van der Waals surface area contributed by atoms with Gasteiger partial charge in [-0.25, -0.2) is 13.1 Å². The summed E-state index contributed by atoms with van der Waals surface area (Å²) in [6.07, 6.45) is 2.30. The van der Waals surface area contributed by atoms with E-state index in [-0.39, 0.29) is 23.8 Å². The second-order valence-corrected chi connectivity index (χ2v) is 6.74. The number of likely N-dealkylation sites (tertiary alicyclic amines) is 1. The molecule has 6 heteroatoms. The number of carbonyl (C=O) groups is 1. The van der Waals surface area contributed by atoms with E-state index < -0.39 is 10.0 Å². The Morgan fingerprint density at radius 1 is 1.25 bits per heavy atom. The molecule has 0 bridgehead atoms. The predicted molar refractivity (Wildman–Crippen MR) is 76.8 cm³/mol. The fourth-order valence-corrected chi connectivity index (χ4v) is 3.63. The first kappa shape index (κ1) is 15.0. The van der Waals surface area contributed by atoms with Gasteiger partial charge in [0.2, 0.25) is 15.9 Å². The number of carbonyl (C=O) groups excluding carboxylic acids is 1. The molecule has 1 saturated heterocycles. The van der Waals surface area contributed by atoms with Crippen molar-refractivity contribution in [2.24, 2.45) is 0 Å². The molecule has 1 heterocycles. The molecule has 0 unspecified atom stereocenters. The summed E-state index contributed by atoms with van der Waals surface area (Å²) < 4.78 is 26.7. The fourth-order valence-electron chi connectivity index (χ4n) is 2.35. The molecule has 110 valence electrons. The van der Waals surface area contributed by atoms with Gasteiger partial charge in [0, 0.05) is 26.1 Å². The molecular formula is C14H20N2O3S. The topological polar surface area (TPSA) is 66.5 Å². The maximum atomic E-state index is 12.1. The third-order valence-electron chi connectivity index (χ3n) is 3.47. The molecule has 20 heavy (non-hydrogen) atoms. The molecule has 1 N–H and O–H groups in total. The van der Waals surface area contributed by atoms with E-state index in [0.717, 1.165) is 25.9 Å². The highest BCUT2D eigenvalue weighted by Gasteiger charge is 2.19. The number of hydrogen-bond acceptors (Lipinski definition) is 3. The van der Waals surface area contributed by atoms with Crippen molar-refractivity contribution >= 4 is 15.9 Å². The lowest BCUT2D eigenvalue weighted by atomic mass is 10.2. The number of nitrogens with one attached hydrogen (secondary N) is 1. The zero-order valence-corrected chi connectivity index (χ0v) is 12.4. The molecule has 0 radical (unpaired) electrons. The third kappa shape index (κ3) is 3.58. The van der Waals surface area contributed by atoms with Crippen LogP contribution in [0, 0.1) is 6.92 Å². The normalized spacial score (nSPS) is 15.6. The first-order chi connectivity index (χ1) is 9.50. The molecule has 1 aliphatic rings. The molecule has 2 rings (SSSR count). The Bertz CT molecular complexity index is 578. The smallest absolute Gasteiger partial charge is 0.240 e. The van der Waals surface area contributed by atoms with Gasteiger partial charge >= 0.3 is 0 Å². The number of rotatable bonds is 5. The van der Waals surface area contributed by atoms with E-state index in [4.69, 9.17) is 0 Å². The Kier molecular flexibility index (Phi) is 4.77. The number of sulfonamides is 1. The molecule has 0 saturated carbocycles. The molecule has 0 aromatic heterocycles. The van der Waals surface area contributed by atoms with Gasteiger partial charge in [0.1, 0.15) is 0 Å². The number of benzene rings is 1. The Morgan fingerprint density at radius 3 is 2.55 bits per heavy atom. The van der Waals surface area contributed by atoms with Crippen LogP contribution in [0.15, 0.2) is 29.2 Å². The van der Waals surface area contributed by atoms with Crippen LogP contribution in [0.2, 0.25) is 0 Å². The molecule has 1 aromatic rings. The van der Waals surface area contributed by atoms with Gasteiger partial charge in [-0.2, -0.15) is 0 Å². The van der Waals surface area contributed by atoms with Gasteiger partial charge in [0.15, 0.2) is 0 Å². The van der Waals surface area contributed by atoms with Gasteiger partial charge < -0.3 is 4.90 Å². The lowest BCUT2D eigenvalue weighted by Crippen LogP contribution is -2.32. The van der Waals surface area contributed by atoms with Crippen LogP contribution in [0.5, 0.6) is 0 Å². The Morgan fingerprint density at radius 2 is 1.90 bits per heavy atom. The van der Waals surface area contributed by atoms with Crippen LogP contribution in [0.25, 0.3) is 0 Å². The van der Waals surface area contributed by atoms with Gasteiger partial charge in [-0.3, -0.25) is 4.79 Å². The summed E-state index contributed by atoms with van der Waals surface area (Å²) in [5.41, 5.74) is 0.700. The van der Waals surface area contributed by atoms with Gasteiger partial charge in [-0.1, -0.05) is 18.2 Å². The van der Waals surface area contributed by atoms with Gasteiger partial charge in [-0.15, -0.1) is 0 Å². The summed E-state index contributed by atoms with van der Waals surface area (Å²) in [5.74, 6) is 0.0231. The SMILES string of the molecule is Cc1ccccc1S(=O)(=O)NCCC(=O)N1CCCC1. The minimum Gasteiger partial charge on any atom is -0.343 e. The third-order valence-corrected chi connectivity index (χ3v) is 5.09. The second kappa shape index (κ2) is 6.37. The van der Waals surface area contributed by atoms with Crippen molar-refractivity contribution < 1.29 is 13.2 Å². The molecule has 1 aliphatic heterocycles. The largest absolute Gasteiger partial charge is 0.343 e. The van der Waals surface area contributed by atoms with E-state index in [0.29, 0.717) is 5.56 Å². The van der Waals surface area contributed by atoms with Crippen LogP contribution in [-0.2, 0) is 14.8 Å². The quantitative estimate of drug-likeness (QED) is 0.890. The number of hydrogen-bond donors (Lipinski definition) is 1. The Labute approximate surface area is 120 Å². The summed E-state index contributed by atoms with van der Waals surface area (Å²) in [6.45, 7) is 3.49. The average molecular weight is 296 g/mol. The number of nitrogens with zero attached hydrogens (tertiary/aromatic N) is 1. The molecular weight excluding hydrogens is 276 g/mol. The molecule has 1 amide bonds. The summed E-state index contributed by atoms with van der Waals surface area (Å²) >= 11 is 0. The zero-order chi connectivity index (χ0) is 14.6. The van der Waals surface area contributed by atoms with Crippen LogP contribution in [0.3, 0.4) is 0 Å². The van der Waals surface area contributed by atoms with E-state index >= 15 is 0 Å². The van der Waals surface area contributed by atoms with Crippen LogP contribution >= 0.6 is 0 Å². The van der Waals surface area contributed by atoms with Crippen molar-refractivity contribution in [3.63, 3.8) is 0 Å². The number of aryl methyl sites for hydroxylation is 1. The highest BCUT2D eigenvalue weighted by molar-refractivity contribution is 7.89. The highest BCUT2D eigenvalue weighted by Crippen LogP contribution is 2.14. The van der Waals surface area contributed by atoms with Gasteiger partial charge in [0.25, 0.3) is 0 Å². The summed E-state index contributed by atoms with van der Waals surface area (Å²) in [7, 11) is -3.53. The van der Waals surface area contributed by atoms with Crippen LogP contribution in [-0.4, -0.2) is 38.9 Å². The van der Waals surface area contributed by atoms with E-state index in [1.807, 2.05) is 0 Å². The minimum atomic E-state index is -3.53.